The van der Waals surface area contributed by atoms with E-state index in [0.717, 1.165) is 40.9 Å². The Balaban J connectivity index is 1.56. The van der Waals surface area contributed by atoms with Crippen molar-refractivity contribution in [2.45, 2.75) is 32.4 Å². The van der Waals surface area contributed by atoms with Gasteiger partial charge < -0.3 is 9.72 Å². The Labute approximate surface area is 192 Å². The van der Waals surface area contributed by atoms with Crippen LogP contribution in [0.1, 0.15) is 24.6 Å². The van der Waals surface area contributed by atoms with E-state index in [-0.39, 0.29) is 5.97 Å². The molecule has 2 heterocycles. The quantitative estimate of drug-likeness (QED) is 0.360. The minimum absolute atomic E-state index is 0.247. The number of hydrogen-bond acceptors (Lipinski definition) is 7. The average Bonchev–Trinajstić information content (AvgIpc) is 3.57. The van der Waals surface area contributed by atoms with E-state index < -0.39 is 6.04 Å². The highest BCUT2D eigenvalue weighted by Crippen LogP contribution is 2.30. The van der Waals surface area contributed by atoms with E-state index in [9.17, 15) is 4.79 Å². The minimum atomic E-state index is -0.394. The van der Waals surface area contributed by atoms with Gasteiger partial charge in [0.1, 0.15) is 6.04 Å². The smallest absolute Gasteiger partial charge is 0.323 e. The normalized spacial score (nSPS) is 12.1. The van der Waals surface area contributed by atoms with Gasteiger partial charge in [0, 0.05) is 30.4 Å². The van der Waals surface area contributed by atoms with Crippen LogP contribution in [0.3, 0.4) is 0 Å². The number of H-pyrrole nitrogens is 2. The van der Waals surface area contributed by atoms with Crippen molar-refractivity contribution >= 4 is 5.97 Å². The minimum Gasteiger partial charge on any atom is -0.468 e. The zero-order valence-corrected chi connectivity index (χ0v) is 18.7. The zero-order chi connectivity index (χ0) is 23.0. The fourth-order valence-electron chi connectivity index (χ4n) is 3.96. The van der Waals surface area contributed by atoms with Gasteiger partial charge in [-0.25, -0.2) is 4.98 Å². The molecular weight excluding hydrogens is 418 g/mol. The Morgan fingerprint density at radius 2 is 1.91 bits per heavy atom. The molecule has 0 unspecified atom stereocenters. The van der Waals surface area contributed by atoms with Gasteiger partial charge in [-0.3, -0.25) is 9.69 Å². The largest absolute Gasteiger partial charge is 0.468 e. The molecule has 170 valence electrons. The number of aromatic amines is 2. The summed E-state index contributed by atoms with van der Waals surface area (Å²) in [6.45, 7) is 3.51. The van der Waals surface area contributed by atoms with E-state index in [4.69, 9.17) is 4.74 Å². The molecule has 4 rings (SSSR count). The molecule has 0 amide bonds. The Morgan fingerprint density at radius 1 is 1.12 bits per heavy atom. The lowest BCUT2D eigenvalue weighted by Gasteiger charge is -2.29. The highest BCUT2D eigenvalue weighted by atomic mass is 16.5. The molecule has 0 bridgehead atoms. The molecule has 9 nitrogen and oxygen atoms in total. The molecule has 2 aromatic carbocycles. The van der Waals surface area contributed by atoms with Gasteiger partial charge in [0.2, 0.25) is 5.82 Å². The van der Waals surface area contributed by atoms with E-state index >= 15 is 0 Å². The fourth-order valence-corrected chi connectivity index (χ4v) is 3.96. The van der Waals surface area contributed by atoms with E-state index in [1.54, 1.807) is 12.5 Å². The highest BCUT2D eigenvalue weighted by molar-refractivity contribution is 5.80. The molecule has 0 saturated heterocycles. The Bertz CT molecular complexity index is 1140. The van der Waals surface area contributed by atoms with Gasteiger partial charge in [0.15, 0.2) is 0 Å². The topological polar surface area (TPSA) is 113 Å². The van der Waals surface area contributed by atoms with E-state index in [0.29, 0.717) is 18.8 Å². The molecule has 33 heavy (non-hydrogen) atoms. The number of esters is 1. The maximum absolute atomic E-state index is 12.6. The molecule has 0 saturated carbocycles. The second-order valence-electron chi connectivity index (χ2n) is 7.77. The third-order valence-electron chi connectivity index (χ3n) is 5.56. The van der Waals surface area contributed by atoms with Crippen LogP contribution in [-0.2, 0) is 22.5 Å². The molecule has 9 heteroatoms. The number of ether oxygens (including phenoxy) is 1. The van der Waals surface area contributed by atoms with Crippen molar-refractivity contribution in [3.63, 3.8) is 0 Å². The molecule has 0 aliphatic rings. The molecule has 4 aromatic rings. The number of nitrogens with one attached hydrogen (secondary N) is 2. The first-order valence-corrected chi connectivity index (χ1v) is 10.9. The van der Waals surface area contributed by atoms with Gasteiger partial charge in [-0.05, 0) is 34.9 Å². The Morgan fingerprint density at radius 3 is 2.55 bits per heavy atom. The standard InChI is InChI=1S/C24H27N7O2/c1-3-12-31(22(24(32)33-2)13-19-14-25-16-26-19)15-17-8-10-18(11-9-17)20-6-4-5-7-21(20)23-27-29-30-28-23/h4-11,14,16,22H,3,12-13,15H2,1-2H3,(H,25,26)(H,27,28,29,30)/t22-/m1/s1. The molecule has 1 atom stereocenters. The number of aromatic nitrogens is 6. The zero-order valence-electron chi connectivity index (χ0n) is 18.7. The van der Waals surface area contributed by atoms with Crippen molar-refractivity contribution in [1.29, 1.82) is 0 Å². The molecule has 0 aliphatic carbocycles. The van der Waals surface area contributed by atoms with Crippen molar-refractivity contribution in [3.05, 3.63) is 72.3 Å². The fraction of sp³-hybridized carbons (Fsp3) is 0.292. The molecule has 0 spiro atoms. The van der Waals surface area contributed by atoms with E-state index in [2.05, 4.69) is 66.7 Å². The van der Waals surface area contributed by atoms with E-state index in [1.165, 1.54) is 7.11 Å². The maximum Gasteiger partial charge on any atom is 0.323 e. The summed E-state index contributed by atoms with van der Waals surface area (Å²) >= 11 is 0. The lowest BCUT2D eigenvalue weighted by molar-refractivity contribution is -0.147. The number of rotatable bonds is 10. The van der Waals surface area contributed by atoms with Crippen LogP contribution in [0.25, 0.3) is 22.5 Å². The first kappa shape index (κ1) is 22.3. The second kappa shape index (κ2) is 10.6. The van der Waals surface area contributed by atoms with Crippen LogP contribution >= 0.6 is 0 Å². The summed E-state index contributed by atoms with van der Waals surface area (Å²) in [6.07, 6.45) is 4.81. The summed E-state index contributed by atoms with van der Waals surface area (Å²) in [4.78, 5) is 21.9. The average molecular weight is 446 g/mol. The summed E-state index contributed by atoms with van der Waals surface area (Å²) in [6, 6.07) is 15.9. The van der Waals surface area contributed by atoms with Crippen molar-refractivity contribution in [2.24, 2.45) is 0 Å². The number of imidazole rings is 1. The van der Waals surface area contributed by atoms with Gasteiger partial charge in [-0.1, -0.05) is 55.5 Å². The SMILES string of the molecule is CCCN(Cc1ccc(-c2ccccc2-c2nn[nH]n2)cc1)[C@H](Cc1cnc[nH]1)C(=O)OC. The number of benzene rings is 2. The summed E-state index contributed by atoms with van der Waals surface area (Å²) in [5.74, 6) is 0.312. The molecule has 2 N–H and O–H groups in total. The number of carbonyl (C=O) groups is 1. The molecule has 2 aromatic heterocycles. The monoisotopic (exact) mass is 445 g/mol. The lowest BCUT2D eigenvalue weighted by atomic mass is 9.98. The molecular formula is C24H27N7O2. The Hall–Kier alpha value is -3.85. The van der Waals surface area contributed by atoms with Crippen LogP contribution in [0.5, 0.6) is 0 Å². The predicted molar refractivity (Wildman–Crippen MR) is 124 cm³/mol. The molecule has 0 radical (unpaired) electrons. The van der Waals surface area contributed by atoms with Crippen LogP contribution in [0.15, 0.2) is 61.1 Å². The van der Waals surface area contributed by atoms with Gasteiger partial charge in [0.25, 0.3) is 0 Å². The van der Waals surface area contributed by atoms with Crippen LogP contribution in [0.2, 0.25) is 0 Å². The van der Waals surface area contributed by atoms with Crippen molar-refractivity contribution in [1.82, 2.24) is 35.5 Å². The van der Waals surface area contributed by atoms with Crippen molar-refractivity contribution < 1.29 is 9.53 Å². The molecule has 0 fully saturated rings. The number of methoxy groups -OCH3 is 1. The number of hydrogen-bond donors (Lipinski definition) is 2. The van der Waals surface area contributed by atoms with Crippen LogP contribution in [-0.4, -0.2) is 61.2 Å². The van der Waals surface area contributed by atoms with Gasteiger partial charge in [-0.2, -0.15) is 5.21 Å². The summed E-state index contributed by atoms with van der Waals surface area (Å²) < 4.78 is 5.12. The van der Waals surface area contributed by atoms with Gasteiger partial charge >= 0.3 is 5.97 Å². The van der Waals surface area contributed by atoms with Gasteiger partial charge in [-0.15, -0.1) is 10.2 Å². The summed E-state index contributed by atoms with van der Waals surface area (Å²) in [5, 5.41) is 14.4. The number of carbonyl (C=O) groups excluding carboxylic acids is 1. The predicted octanol–water partition coefficient (Wildman–Crippen LogP) is 3.25. The van der Waals surface area contributed by atoms with Crippen LogP contribution in [0, 0.1) is 0 Å². The lowest BCUT2D eigenvalue weighted by Crippen LogP contribution is -2.43. The van der Waals surface area contributed by atoms with Crippen LogP contribution < -0.4 is 0 Å². The third-order valence-corrected chi connectivity index (χ3v) is 5.56. The second-order valence-corrected chi connectivity index (χ2v) is 7.77. The van der Waals surface area contributed by atoms with Gasteiger partial charge in [0.05, 0.1) is 13.4 Å². The first-order valence-electron chi connectivity index (χ1n) is 10.9. The third kappa shape index (κ3) is 5.32. The number of tetrazole rings is 1. The summed E-state index contributed by atoms with van der Waals surface area (Å²) in [5.41, 5.74) is 5.02. The summed E-state index contributed by atoms with van der Waals surface area (Å²) in [7, 11) is 1.43. The molecule has 0 aliphatic heterocycles. The Kier molecular flexibility index (Phi) is 7.21. The number of nitrogens with zero attached hydrogens (tertiary/aromatic N) is 5. The first-order chi connectivity index (χ1) is 16.2. The maximum atomic E-state index is 12.6. The van der Waals surface area contributed by atoms with Crippen LogP contribution in [0.4, 0.5) is 0 Å². The highest BCUT2D eigenvalue weighted by Gasteiger charge is 2.27. The van der Waals surface area contributed by atoms with Crippen molar-refractivity contribution in [3.8, 4) is 22.5 Å². The van der Waals surface area contributed by atoms with Crippen molar-refractivity contribution in [2.75, 3.05) is 13.7 Å². The van der Waals surface area contributed by atoms with E-state index in [1.807, 2.05) is 24.3 Å².